The van der Waals surface area contributed by atoms with Crippen LogP contribution in [0.4, 0.5) is 13.2 Å². The molecule has 0 aromatic rings. The minimum absolute atomic E-state index is 0.0414. The molecule has 1 amide bonds. The Morgan fingerprint density at radius 1 is 1.47 bits per heavy atom. The second-order valence-electron chi connectivity index (χ2n) is 4.40. The van der Waals surface area contributed by atoms with E-state index < -0.39 is 12.7 Å². The molecule has 1 heterocycles. The van der Waals surface area contributed by atoms with E-state index in [1.165, 1.54) is 0 Å². The average Bonchev–Trinajstić information content (AvgIpc) is 2.61. The molecule has 0 aromatic carbocycles. The van der Waals surface area contributed by atoms with Crippen LogP contribution in [0.15, 0.2) is 0 Å². The second-order valence-corrected chi connectivity index (χ2v) is 6.08. The third-order valence-corrected chi connectivity index (χ3v) is 4.11. The molecular formula is C10H17F3N2OS. The predicted octanol–water partition coefficient (Wildman–Crippen LogP) is 1.54. The van der Waals surface area contributed by atoms with Gasteiger partial charge in [0, 0.05) is 11.3 Å². The van der Waals surface area contributed by atoms with Crippen LogP contribution >= 0.6 is 11.8 Å². The summed E-state index contributed by atoms with van der Waals surface area (Å²) >= 11 is 1.80. The summed E-state index contributed by atoms with van der Waals surface area (Å²) in [4.78, 5) is 11.3. The van der Waals surface area contributed by atoms with Crippen LogP contribution in [-0.4, -0.2) is 42.2 Å². The monoisotopic (exact) mass is 270 g/mol. The summed E-state index contributed by atoms with van der Waals surface area (Å²) in [7, 11) is 0. The van der Waals surface area contributed by atoms with E-state index >= 15 is 0 Å². The summed E-state index contributed by atoms with van der Waals surface area (Å²) in [6.07, 6.45) is -2.11. The highest BCUT2D eigenvalue weighted by Crippen LogP contribution is 2.36. The molecule has 2 N–H and O–H groups in total. The molecule has 17 heavy (non-hydrogen) atoms. The maximum atomic E-state index is 11.8. The normalized spacial score (nSPS) is 24.9. The lowest BCUT2D eigenvalue weighted by molar-refractivity contribution is -0.128. The Morgan fingerprint density at radius 3 is 2.71 bits per heavy atom. The van der Waals surface area contributed by atoms with Gasteiger partial charge in [0.15, 0.2) is 0 Å². The topological polar surface area (TPSA) is 41.1 Å². The number of nitrogens with one attached hydrogen (secondary N) is 2. The smallest absolute Gasteiger partial charge is 0.354 e. The standard InChI is InChI=1S/C10H17F3N2OS/c1-9(3-2-4-17-9)6-15-8(16)5-14-7-10(11,12)13/h14H,2-7H2,1H3,(H,15,16). The fourth-order valence-electron chi connectivity index (χ4n) is 1.64. The Morgan fingerprint density at radius 2 is 2.18 bits per heavy atom. The summed E-state index contributed by atoms with van der Waals surface area (Å²) < 4.78 is 35.4. The van der Waals surface area contributed by atoms with Gasteiger partial charge in [0.05, 0.1) is 13.1 Å². The van der Waals surface area contributed by atoms with Crippen molar-refractivity contribution >= 4 is 17.7 Å². The zero-order valence-electron chi connectivity index (χ0n) is 9.69. The van der Waals surface area contributed by atoms with E-state index in [9.17, 15) is 18.0 Å². The molecule has 1 unspecified atom stereocenters. The van der Waals surface area contributed by atoms with Crippen LogP contribution < -0.4 is 10.6 Å². The van der Waals surface area contributed by atoms with E-state index in [1.807, 2.05) is 0 Å². The number of alkyl halides is 3. The molecule has 0 saturated carbocycles. The lowest BCUT2D eigenvalue weighted by Crippen LogP contribution is -2.42. The van der Waals surface area contributed by atoms with E-state index in [-0.39, 0.29) is 17.2 Å². The maximum absolute atomic E-state index is 11.8. The van der Waals surface area contributed by atoms with Crippen molar-refractivity contribution in [2.45, 2.75) is 30.7 Å². The van der Waals surface area contributed by atoms with Crippen LogP contribution in [0.2, 0.25) is 0 Å². The highest BCUT2D eigenvalue weighted by Gasteiger charge is 2.30. The third kappa shape index (κ3) is 6.16. The lowest BCUT2D eigenvalue weighted by Gasteiger charge is -2.22. The highest BCUT2D eigenvalue weighted by atomic mass is 32.2. The zero-order chi connectivity index (χ0) is 12.9. The Hall–Kier alpha value is -0.430. The molecule has 100 valence electrons. The van der Waals surface area contributed by atoms with Crippen LogP contribution in [0.25, 0.3) is 0 Å². The largest absolute Gasteiger partial charge is 0.401 e. The number of carbonyl (C=O) groups excluding carboxylic acids is 1. The fourth-order valence-corrected chi connectivity index (χ4v) is 2.89. The summed E-state index contributed by atoms with van der Waals surface area (Å²) in [5.41, 5.74) is 0. The van der Waals surface area contributed by atoms with E-state index in [0.717, 1.165) is 18.6 Å². The molecule has 1 atom stereocenters. The first-order valence-corrected chi connectivity index (χ1v) is 6.47. The molecule has 1 aliphatic rings. The predicted molar refractivity (Wildman–Crippen MR) is 62.0 cm³/mol. The van der Waals surface area contributed by atoms with Crippen molar-refractivity contribution in [1.82, 2.24) is 10.6 Å². The van der Waals surface area contributed by atoms with Crippen molar-refractivity contribution in [3.05, 3.63) is 0 Å². The minimum Gasteiger partial charge on any atom is -0.354 e. The molecule has 3 nitrogen and oxygen atoms in total. The van der Waals surface area contributed by atoms with Crippen LogP contribution in [-0.2, 0) is 4.79 Å². The molecular weight excluding hydrogens is 253 g/mol. The fraction of sp³-hybridized carbons (Fsp3) is 0.900. The van der Waals surface area contributed by atoms with E-state index in [1.54, 1.807) is 11.8 Å². The van der Waals surface area contributed by atoms with Crippen molar-refractivity contribution in [2.75, 3.05) is 25.4 Å². The second kappa shape index (κ2) is 5.95. The van der Waals surface area contributed by atoms with Gasteiger partial charge in [-0.25, -0.2) is 0 Å². The highest BCUT2D eigenvalue weighted by molar-refractivity contribution is 8.00. The molecule has 1 aliphatic heterocycles. The number of amides is 1. The number of hydrogen-bond donors (Lipinski definition) is 2. The number of thioether (sulfide) groups is 1. The Bertz CT molecular complexity index is 265. The van der Waals surface area contributed by atoms with Gasteiger partial charge in [0.1, 0.15) is 0 Å². The van der Waals surface area contributed by atoms with Crippen LogP contribution in [0.5, 0.6) is 0 Å². The van der Waals surface area contributed by atoms with Gasteiger partial charge in [0.25, 0.3) is 0 Å². The molecule has 0 spiro atoms. The van der Waals surface area contributed by atoms with Crippen LogP contribution in [0, 0.1) is 0 Å². The first-order valence-electron chi connectivity index (χ1n) is 5.49. The third-order valence-electron chi connectivity index (χ3n) is 2.57. The van der Waals surface area contributed by atoms with Gasteiger partial charge in [-0.1, -0.05) is 0 Å². The SMILES string of the molecule is CC1(CNC(=O)CNCC(F)(F)F)CCCS1. The Labute approximate surface area is 103 Å². The van der Waals surface area contributed by atoms with Crippen LogP contribution in [0.3, 0.4) is 0 Å². The first-order chi connectivity index (χ1) is 7.81. The Balaban J connectivity index is 2.13. The molecule has 0 aliphatic carbocycles. The molecule has 1 fully saturated rings. The van der Waals surface area contributed by atoms with Crippen molar-refractivity contribution in [3.63, 3.8) is 0 Å². The van der Waals surface area contributed by atoms with Crippen molar-refractivity contribution < 1.29 is 18.0 Å². The number of carbonyl (C=O) groups is 1. The van der Waals surface area contributed by atoms with E-state index in [0.29, 0.717) is 6.54 Å². The zero-order valence-corrected chi connectivity index (χ0v) is 10.5. The molecule has 0 bridgehead atoms. The quantitative estimate of drug-likeness (QED) is 0.796. The Kier molecular flexibility index (Phi) is 5.12. The van der Waals surface area contributed by atoms with Crippen molar-refractivity contribution in [3.8, 4) is 0 Å². The van der Waals surface area contributed by atoms with Gasteiger partial charge < -0.3 is 10.6 Å². The van der Waals surface area contributed by atoms with Gasteiger partial charge in [-0.05, 0) is 25.5 Å². The van der Waals surface area contributed by atoms with Gasteiger partial charge in [-0.15, -0.1) is 0 Å². The van der Waals surface area contributed by atoms with E-state index in [2.05, 4.69) is 17.6 Å². The van der Waals surface area contributed by atoms with Gasteiger partial charge in [-0.2, -0.15) is 24.9 Å². The maximum Gasteiger partial charge on any atom is 0.401 e. The molecule has 1 saturated heterocycles. The van der Waals surface area contributed by atoms with Gasteiger partial charge in [0.2, 0.25) is 5.91 Å². The number of hydrogen-bond acceptors (Lipinski definition) is 3. The number of rotatable bonds is 5. The summed E-state index contributed by atoms with van der Waals surface area (Å²) in [6, 6.07) is 0. The first kappa shape index (κ1) is 14.6. The van der Waals surface area contributed by atoms with Gasteiger partial charge in [-0.3, -0.25) is 4.79 Å². The summed E-state index contributed by atoms with van der Waals surface area (Å²) in [5.74, 6) is 0.696. The molecule has 0 radical (unpaired) electrons. The minimum atomic E-state index is -4.27. The van der Waals surface area contributed by atoms with Crippen molar-refractivity contribution in [1.29, 1.82) is 0 Å². The number of halogens is 3. The van der Waals surface area contributed by atoms with Crippen LogP contribution in [0.1, 0.15) is 19.8 Å². The lowest BCUT2D eigenvalue weighted by atomic mass is 10.1. The molecule has 1 rings (SSSR count). The van der Waals surface area contributed by atoms with Crippen molar-refractivity contribution in [2.24, 2.45) is 0 Å². The summed E-state index contributed by atoms with van der Waals surface area (Å²) in [5, 5.41) is 4.73. The van der Waals surface area contributed by atoms with E-state index in [4.69, 9.17) is 0 Å². The molecule has 0 aromatic heterocycles. The summed E-state index contributed by atoms with van der Waals surface area (Å²) in [6.45, 7) is 1.16. The average molecular weight is 270 g/mol. The molecule has 7 heteroatoms. The van der Waals surface area contributed by atoms with Gasteiger partial charge >= 0.3 is 6.18 Å².